The van der Waals surface area contributed by atoms with E-state index in [4.69, 9.17) is 9.47 Å². The molecule has 1 N–H and O–H groups in total. The van der Waals surface area contributed by atoms with Crippen LogP contribution in [-0.2, 0) is 4.79 Å². The SMILES string of the molecule is COc1ccc(OCC(=O)Nc2ccc(F)cc2)c(Br)c1. The third kappa shape index (κ3) is 4.46. The minimum absolute atomic E-state index is 0.150. The lowest BCUT2D eigenvalue weighted by atomic mass is 10.3. The van der Waals surface area contributed by atoms with Crippen LogP contribution in [-0.4, -0.2) is 19.6 Å². The smallest absolute Gasteiger partial charge is 0.262 e. The van der Waals surface area contributed by atoms with Gasteiger partial charge in [-0.1, -0.05) is 0 Å². The quantitative estimate of drug-likeness (QED) is 0.892. The number of amides is 1. The summed E-state index contributed by atoms with van der Waals surface area (Å²) in [7, 11) is 1.57. The summed E-state index contributed by atoms with van der Waals surface area (Å²) in [6.45, 7) is -0.150. The molecule has 2 aromatic carbocycles. The molecule has 0 heterocycles. The molecule has 4 nitrogen and oxygen atoms in total. The van der Waals surface area contributed by atoms with Crippen molar-refractivity contribution in [2.45, 2.75) is 0 Å². The summed E-state index contributed by atoms with van der Waals surface area (Å²) in [5.41, 5.74) is 0.513. The standard InChI is InChI=1S/C15H13BrFNO3/c1-20-12-6-7-14(13(16)8-12)21-9-15(19)18-11-4-2-10(17)3-5-11/h2-8H,9H2,1H3,(H,18,19). The van der Waals surface area contributed by atoms with Crippen molar-refractivity contribution in [3.63, 3.8) is 0 Å². The number of anilines is 1. The Balaban J connectivity index is 1.90. The Kier molecular flexibility index (Phi) is 5.16. The molecular weight excluding hydrogens is 341 g/mol. The largest absolute Gasteiger partial charge is 0.497 e. The molecule has 0 radical (unpaired) electrons. The third-order valence-corrected chi connectivity index (χ3v) is 3.25. The van der Waals surface area contributed by atoms with E-state index >= 15 is 0 Å². The highest BCUT2D eigenvalue weighted by molar-refractivity contribution is 9.10. The van der Waals surface area contributed by atoms with Crippen molar-refractivity contribution < 1.29 is 18.7 Å². The summed E-state index contributed by atoms with van der Waals surface area (Å²) < 4.78 is 23.9. The lowest BCUT2D eigenvalue weighted by Crippen LogP contribution is -2.20. The van der Waals surface area contributed by atoms with Gasteiger partial charge in [-0.25, -0.2) is 4.39 Å². The molecule has 0 aliphatic carbocycles. The molecule has 1 amide bonds. The number of ether oxygens (including phenoxy) is 2. The minimum atomic E-state index is -0.355. The predicted molar refractivity (Wildman–Crippen MR) is 81.2 cm³/mol. The van der Waals surface area contributed by atoms with Gasteiger partial charge in [0.05, 0.1) is 11.6 Å². The first kappa shape index (κ1) is 15.3. The molecule has 2 rings (SSSR count). The maximum atomic E-state index is 12.7. The maximum absolute atomic E-state index is 12.7. The number of carbonyl (C=O) groups is 1. The molecule has 0 saturated carbocycles. The summed E-state index contributed by atoms with van der Waals surface area (Å²) in [5.74, 6) is 0.533. The summed E-state index contributed by atoms with van der Waals surface area (Å²) in [6, 6.07) is 10.7. The number of halogens is 2. The monoisotopic (exact) mass is 353 g/mol. The van der Waals surface area contributed by atoms with E-state index in [1.165, 1.54) is 24.3 Å². The van der Waals surface area contributed by atoms with Crippen LogP contribution in [0.2, 0.25) is 0 Å². The van der Waals surface area contributed by atoms with Crippen LogP contribution >= 0.6 is 15.9 Å². The van der Waals surface area contributed by atoms with Crippen molar-refractivity contribution in [3.05, 3.63) is 52.8 Å². The summed E-state index contributed by atoms with van der Waals surface area (Å²) >= 11 is 3.33. The second kappa shape index (κ2) is 7.08. The average molecular weight is 354 g/mol. The highest BCUT2D eigenvalue weighted by Gasteiger charge is 2.07. The minimum Gasteiger partial charge on any atom is -0.497 e. The summed E-state index contributed by atoms with van der Waals surface area (Å²) in [6.07, 6.45) is 0. The topological polar surface area (TPSA) is 47.6 Å². The van der Waals surface area contributed by atoms with Crippen LogP contribution in [0.15, 0.2) is 46.9 Å². The zero-order valence-electron chi connectivity index (χ0n) is 11.2. The first-order valence-corrected chi connectivity index (χ1v) is 6.89. The van der Waals surface area contributed by atoms with E-state index in [1.54, 1.807) is 25.3 Å². The maximum Gasteiger partial charge on any atom is 0.262 e. The number of nitrogens with one attached hydrogen (secondary N) is 1. The number of rotatable bonds is 5. The Morgan fingerprint density at radius 1 is 1.24 bits per heavy atom. The molecule has 0 aliphatic heterocycles. The van der Waals surface area contributed by atoms with Crippen molar-refractivity contribution in [2.75, 3.05) is 19.0 Å². The van der Waals surface area contributed by atoms with Gasteiger partial charge in [0.2, 0.25) is 0 Å². The van der Waals surface area contributed by atoms with Crippen LogP contribution in [0, 0.1) is 5.82 Å². The lowest BCUT2D eigenvalue weighted by Gasteiger charge is -2.10. The van der Waals surface area contributed by atoms with E-state index in [0.717, 1.165) is 0 Å². The first-order chi connectivity index (χ1) is 10.1. The Bertz CT molecular complexity index is 631. The first-order valence-electron chi connectivity index (χ1n) is 6.10. The zero-order valence-corrected chi connectivity index (χ0v) is 12.8. The molecule has 0 spiro atoms. The molecular formula is C15H13BrFNO3. The van der Waals surface area contributed by atoms with Crippen molar-refractivity contribution >= 4 is 27.5 Å². The highest BCUT2D eigenvalue weighted by Crippen LogP contribution is 2.29. The number of methoxy groups -OCH3 is 1. The average Bonchev–Trinajstić information content (AvgIpc) is 2.48. The third-order valence-electron chi connectivity index (χ3n) is 2.63. The fraction of sp³-hybridized carbons (Fsp3) is 0.133. The summed E-state index contributed by atoms with van der Waals surface area (Å²) in [5, 5.41) is 2.61. The second-order valence-corrected chi connectivity index (χ2v) is 4.99. The van der Waals surface area contributed by atoms with Crippen molar-refractivity contribution in [1.29, 1.82) is 0 Å². The van der Waals surface area contributed by atoms with Crippen molar-refractivity contribution in [3.8, 4) is 11.5 Å². The van der Waals surface area contributed by atoms with Crippen LogP contribution in [0.4, 0.5) is 10.1 Å². The molecule has 110 valence electrons. The molecule has 0 aliphatic rings. The van der Waals surface area contributed by atoms with E-state index < -0.39 is 0 Å². The van der Waals surface area contributed by atoms with E-state index in [2.05, 4.69) is 21.2 Å². The van der Waals surface area contributed by atoms with Gasteiger partial charge < -0.3 is 14.8 Å². The molecule has 0 bridgehead atoms. The molecule has 21 heavy (non-hydrogen) atoms. The Morgan fingerprint density at radius 3 is 2.57 bits per heavy atom. The van der Waals surface area contributed by atoms with Gasteiger partial charge in [0.15, 0.2) is 6.61 Å². The van der Waals surface area contributed by atoms with Crippen LogP contribution in [0.5, 0.6) is 11.5 Å². The number of hydrogen-bond donors (Lipinski definition) is 1. The zero-order chi connectivity index (χ0) is 15.2. The van der Waals surface area contributed by atoms with Gasteiger partial charge in [-0.05, 0) is 58.4 Å². The molecule has 0 aromatic heterocycles. The Hall–Kier alpha value is -2.08. The lowest BCUT2D eigenvalue weighted by molar-refractivity contribution is -0.118. The van der Waals surface area contributed by atoms with Crippen LogP contribution < -0.4 is 14.8 Å². The summed E-state index contributed by atoms with van der Waals surface area (Å²) in [4.78, 5) is 11.7. The van der Waals surface area contributed by atoms with Crippen molar-refractivity contribution in [2.24, 2.45) is 0 Å². The molecule has 6 heteroatoms. The Morgan fingerprint density at radius 2 is 1.95 bits per heavy atom. The van der Waals surface area contributed by atoms with Gasteiger partial charge in [0.25, 0.3) is 5.91 Å². The van der Waals surface area contributed by atoms with E-state index in [1.807, 2.05) is 0 Å². The van der Waals surface area contributed by atoms with Gasteiger partial charge in [0.1, 0.15) is 17.3 Å². The number of hydrogen-bond acceptors (Lipinski definition) is 3. The van der Waals surface area contributed by atoms with E-state index in [9.17, 15) is 9.18 Å². The fourth-order valence-electron chi connectivity index (χ4n) is 1.60. The van der Waals surface area contributed by atoms with Gasteiger partial charge in [-0.3, -0.25) is 4.79 Å². The number of benzene rings is 2. The van der Waals surface area contributed by atoms with Gasteiger partial charge in [-0.15, -0.1) is 0 Å². The fourth-order valence-corrected chi connectivity index (χ4v) is 2.07. The van der Waals surface area contributed by atoms with Crippen LogP contribution in [0.1, 0.15) is 0 Å². The molecule has 2 aromatic rings. The van der Waals surface area contributed by atoms with Gasteiger partial charge in [0, 0.05) is 5.69 Å². The number of carbonyl (C=O) groups excluding carboxylic acids is 1. The predicted octanol–water partition coefficient (Wildman–Crippen LogP) is 3.61. The van der Waals surface area contributed by atoms with E-state index in [-0.39, 0.29) is 18.3 Å². The van der Waals surface area contributed by atoms with Crippen molar-refractivity contribution in [1.82, 2.24) is 0 Å². The van der Waals surface area contributed by atoms with Gasteiger partial charge >= 0.3 is 0 Å². The van der Waals surface area contributed by atoms with Crippen LogP contribution in [0.3, 0.4) is 0 Å². The normalized spacial score (nSPS) is 10.0. The molecule has 0 fully saturated rings. The second-order valence-electron chi connectivity index (χ2n) is 4.14. The van der Waals surface area contributed by atoms with Gasteiger partial charge in [-0.2, -0.15) is 0 Å². The van der Waals surface area contributed by atoms with E-state index in [0.29, 0.717) is 21.7 Å². The molecule has 0 unspecified atom stereocenters. The van der Waals surface area contributed by atoms with Crippen LogP contribution in [0.25, 0.3) is 0 Å². The molecule has 0 saturated heterocycles. The highest BCUT2D eigenvalue weighted by atomic mass is 79.9. The Labute approximate surface area is 130 Å². The molecule has 0 atom stereocenters.